The minimum Gasteiger partial charge on any atom is -0.456 e. The van der Waals surface area contributed by atoms with Crippen molar-refractivity contribution >= 4 is 43.9 Å². The Morgan fingerprint density at radius 1 is 0.405 bits per heavy atom. The number of hydrogen-bond donors (Lipinski definition) is 0. The Hall–Kier alpha value is -6.10. The standard InChI is InChI=1S/C38H20N2O2/c39-21-25-6-5-9-29(34(25)22-40)28-17-26(23-12-14-32-30-7-1-3-10-35(30)41-37(32)19-23)16-27(18-28)24-13-15-33-31-8-2-4-11-36(31)42-38(33)20-24/h1-20H. The van der Waals surface area contributed by atoms with Crippen molar-refractivity contribution in [3.8, 4) is 45.5 Å². The largest absolute Gasteiger partial charge is 0.456 e. The molecule has 2 heterocycles. The lowest BCUT2D eigenvalue weighted by Gasteiger charge is -2.13. The normalized spacial score (nSPS) is 11.3. The summed E-state index contributed by atoms with van der Waals surface area (Å²) in [6, 6.07) is 44.7. The highest BCUT2D eigenvalue weighted by molar-refractivity contribution is 6.07. The quantitative estimate of drug-likeness (QED) is 0.225. The van der Waals surface area contributed by atoms with E-state index in [4.69, 9.17) is 8.83 Å². The first-order valence-electron chi connectivity index (χ1n) is 13.6. The van der Waals surface area contributed by atoms with E-state index in [-0.39, 0.29) is 0 Å². The second-order valence-electron chi connectivity index (χ2n) is 10.4. The van der Waals surface area contributed by atoms with Gasteiger partial charge in [0.25, 0.3) is 0 Å². The van der Waals surface area contributed by atoms with Crippen molar-refractivity contribution in [3.05, 3.63) is 132 Å². The molecule has 8 aromatic rings. The molecule has 0 bridgehead atoms. The van der Waals surface area contributed by atoms with Gasteiger partial charge in [0.1, 0.15) is 34.5 Å². The minimum atomic E-state index is 0.356. The number of fused-ring (bicyclic) bond motifs is 6. The van der Waals surface area contributed by atoms with Crippen molar-refractivity contribution in [2.75, 3.05) is 0 Å². The summed E-state index contributed by atoms with van der Waals surface area (Å²) in [5.74, 6) is 0. The molecule has 0 aliphatic rings. The molecule has 0 unspecified atom stereocenters. The Balaban J connectivity index is 1.36. The van der Waals surface area contributed by atoms with Crippen molar-refractivity contribution in [1.29, 1.82) is 10.5 Å². The summed E-state index contributed by atoms with van der Waals surface area (Å²) in [6.45, 7) is 0. The van der Waals surface area contributed by atoms with Gasteiger partial charge < -0.3 is 8.83 Å². The molecule has 0 atom stereocenters. The van der Waals surface area contributed by atoms with Gasteiger partial charge in [-0.3, -0.25) is 0 Å². The zero-order valence-corrected chi connectivity index (χ0v) is 22.3. The van der Waals surface area contributed by atoms with Crippen LogP contribution < -0.4 is 0 Å². The molecule has 42 heavy (non-hydrogen) atoms. The van der Waals surface area contributed by atoms with Gasteiger partial charge in [0, 0.05) is 27.1 Å². The molecule has 2 aromatic heterocycles. The van der Waals surface area contributed by atoms with Gasteiger partial charge in [-0.25, -0.2) is 0 Å². The van der Waals surface area contributed by atoms with Crippen LogP contribution in [0.1, 0.15) is 11.1 Å². The van der Waals surface area contributed by atoms with Crippen LogP contribution >= 0.6 is 0 Å². The van der Waals surface area contributed by atoms with Gasteiger partial charge in [-0.1, -0.05) is 60.7 Å². The summed E-state index contributed by atoms with van der Waals surface area (Å²) in [6.07, 6.45) is 0. The molecule has 8 rings (SSSR count). The summed E-state index contributed by atoms with van der Waals surface area (Å²) in [5, 5.41) is 24.0. The fourth-order valence-corrected chi connectivity index (χ4v) is 5.93. The molecule has 0 aliphatic carbocycles. The van der Waals surface area contributed by atoms with E-state index in [0.717, 1.165) is 71.7 Å². The predicted molar refractivity (Wildman–Crippen MR) is 167 cm³/mol. The molecule has 0 amide bonds. The maximum atomic E-state index is 10.0. The van der Waals surface area contributed by atoms with E-state index in [1.165, 1.54) is 0 Å². The third-order valence-corrected chi connectivity index (χ3v) is 7.96. The maximum absolute atomic E-state index is 10.0. The third kappa shape index (κ3) is 3.68. The van der Waals surface area contributed by atoms with E-state index >= 15 is 0 Å². The van der Waals surface area contributed by atoms with E-state index in [9.17, 15) is 10.5 Å². The predicted octanol–water partition coefficient (Wildman–Crippen LogP) is 10.2. The zero-order valence-electron chi connectivity index (χ0n) is 22.3. The molecule has 0 saturated carbocycles. The molecule has 0 aliphatic heterocycles. The van der Waals surface area contributed by atoms with Crippen LogP contribution in [-0.4, -0.2) is 0 Å². The van der Waals surface area contributed by atoms with Crippen LogP contribution in [0.5, 0.6) is 0 Å². The minimum absolute atomic E-state index is 0.356. The van der Waals surface area contributed by atoms with Gasteiger partial charge in [-0.05, 0) is 88.5 Å². The molecule has 6 aromatic carbocycles. The third-order valence-electron chi connectivity index (χ3n) is 7.96. The fraction of sp³-hybridized carbons (Fsp3) is 0. The lowest BCUT2D eigenvalue weighted by atomic mass is 9.90. The SMILES string of the molecule is N#Cc1cccc(-c2cc(-c3ccc4c(c3)oc3ccccc34)cc(-c3ccc4c(c3)oc3ccccc34)c2)c1C#N. The van der Waals surface area contributed by atoms with Gasteiger partial charge >= 0.3 is 0 Å². The Morgan fingerprint density at radius 2 is 0.929 bits per heavy atom. The van der Waals surface area contributed by atoms with Gasteiger partial charge in [0.15, 0.2) is 0 Å². The van der Waals surface area contributed by atoms with Crippen molar-refractivity contribution in [1.82, 2.24) is 0 Å². The summed E-state index contributed by atoms with van der Waals surface area (Å²) in [5.41, 5.74) is 9.55. The Kier molecular flexibility index (Phi) is 5.22. The van der Waals surface area contributed by atoms with Crippen molar-refractivity contribution in [2.45, 2.75) is 0 Å². The van der Waals surface area contributed by atoms with Gasteiger partial charge in [-0.2, -0.15) is 10.5 Å². The lowest BCUT2D eigenvalue weighted by Crippen LogP contribution is -1.91. The first-order valence-corrected chi connectivity index (χ1v) is 13.6. The highest BCUT2D eigenvalue weighted by Gasteiger charge is 2.15. The zero-order chi connectivity index (χ0) is 28.2. The number of hydrogen-bond acceptors (Lipinski definition) is 4. The number of nitriles is 2. The molecule has 4 nitrogen and oxygen atoms in total. The average Bonchev–Trinajstić information content (AvgIpc) is 3.61. The molecular weight excluding hydrogens is 516 g/mol. The summed E-state index contributed by atoms with van der Waals surface area (Å²) in [7, 11) is 0. The van der Waals surface area contributed by atoms with Crippen molar-refractivity contribution < 1.29 is 8.83 Å². The molecular formula is C38H20N2O2. The maximum Gasteiger partial charge on any atom is 0.136 e. The number of rotatable bonds is 3. The molecule has 0 spiro atoms. The van der Waals surface area contributed by atoms with Gasteiger partial charge in [0.05, 0.1) is 11.1 Å². The first-order chi connectivity index (χ1) is 20.7. The van der Waals surface area contributed by atoms with E-state index < -0.39 is 0 Å². The van der Waals surface area contributed by atoms with E-state index in [1.807, 2.05) is 48.5 Å². The van der Waals surface area contributed by atoms with Crippen LogP contribution in [0, 0.1) is 22.7 Å². The number of furan rings is 2. The Labute approximate surface area is 240 Å². The van der Waals surface area contributed by atoms with Crippen LogP contribution in [0.25, 0.3) is 77.3 Å². The lowest BCUT2D eigenvalue weighted by molar-refractivity contribution is 0.668. The second kappa shape index (κ2) is 9.24. The van der Waals surface area contributed by atoms with E-state index in [1.54, 1.807) is 6.07 Å². The topological polar surface area (TPSA) is 73.9 Å². The van der Waals surface area contributed by atoms with E-state index in [0.29, 0.717) is 16.7 Å². The Morgan fingerprint density at radius 3 is 1.48 bits per heavy atom. The monoisotopic (exact) mass is 536 g/mol. The summed E-state index contributed by atoms with van der Waals surface area (Å²) < 4.78 is 12.4. The van der Waals surface area contributed by atoms with Gasteiger partial charge in [-0.15, -0.1) is 0 Å². The molecule has 194 valence electrons. The van der Waals surface area contributed by atoms with Crippen LogP contribution in [0.2, 0.25) is 0 Å². The molecule has 0 fully saturated rings. The first kappa shape index (κ1) is 23.8. The van der Waals surface area contributed by atoms with Crippen molar-refractivity contribution in [3.63, 3.8) is 0 Å². The van der Waals surface area contributed by atoms with Crippen LogP contribution in [0.3, 0.4) is 0 Å². The van der Waals surface area contributed by atoms with Crippen molar-refractivity contribution in [2.24, 2.45) is 0 Å². The van der Waals surface area contributed by atoms with Crippen LogP contribution in [-0.2, 0) is 0 Å². The Bertz CT molecular complexity index is 2310. The summed E-state index contributed by atoms with van der Waals surface area (Å²) >= 11 is 0. The molecule has 0 N–H and O–H groups in total. The average molecular weight is 537 g/mol. The fourth-order valence-electron chi connectivity index (χ4n) is 5.93. The second-order valence-corrected chi connectivity index (χ2v) is 10.4. The van der Waals surface area contributed by atoms with E-state index in [2.05, 4.69) is 78.9 Å². The van der Waals surface area contributed by atoms with Crippen LogP contribution in [0.15, 0.2) is 130 Å². The van der Waals surface area contributed by atoms with Crippen LogP contribution in [0.4, 0.5) is 0 Å². The molecule has 0 radical (unpaired) electrons. The number of para-hydroxylation sites is 2. The number of benzene rings is 6. The number of nitrogens with zero attached hydrogens (tertiary/aromatic N) is 2. The smallest absolute Gasteiger partial charge is 0.136 e. The summed E-state index contributed by atoms with van der Waals surface area (Å²) in [4.78, 5) is 0. The highest BCUT2D eigenvalue weighted by Crippen LogP contribution is 2.39. The van der Waals surface area contributed by atoms with Gasteiger partial charge in [0.2, 0.25) is 0 Å². The molecule has 0 saturated heterocycles. The highest BCUT2D eigenvalue weighted by atomic mass is 16.3. The molecule has 4 heteroatoms.